The standard InChI is InChI=1S/C22H19ClN6O2/c23-16-5-6-18-20(9-16)31-22(26-18)28-12-14-10-27(11-15(14)13-28)21(30)17-3-1-2-4-19(17)29-24-7-8-25-29/h1-9,14-15H,10-13H2. The maximum absolute atomic E-state index is 13.3. The number of amides is 1. The van der Waals surface area contributed by atoms with Gasteiger partial charge < -0.3 is 14.2 Å². The van der Waals surface area contributed by atoms with E-state index in [1.54, 1.807) is 18.5 Å². The van der Waals surface area contributed by atoms with Gasteiger partial charge >= 0.3 is 0 Å². The molecule has 156 valence electrons. The lowest BCUT2D eigenvalue weighted by atomic mass is 10.0. The molecule has 0 spiro atoms. The van der Waals surface area contributed by atoms with E-state index in [1.807, 2.05) is 41.3 Å². The van der Waals surface area contributed by atoms with Crippen LogP contribution >= 0.6 is 11.6 Å². The number of likely N-dealkylation sites (tertiary alicyclic amines) is 1. The molecule has 2 unspecified atom stereocenters. The Morgan fingerprint density at radius 1 is 1.00 bits per heavy atom. The first-order valence-electron chi connectivity index (χ1n) is 10.2. The molecule has 1 amide bonds. The Labute approximate surface area is 183 Å². The number of nitrogens with zero attached hydrogens (tertiary/aromatic N) is 6. The Morgan fingerprint density at radius 3 is 2.52 bits per heavy atom. The summed E-state index contributed by atoms with van der Waals surface area (Å²) < 4.78 is 5.93. The number of aromatic nitrogens is 4. The van der Waals surface area contributed by atoms with Gasteiger partial charge in [-0.25, -0.2) is 0 Å². The van der Waals surface area contributed by atoms with Crippen LogP contribution in [0.4, 0.5) is 6.01 Å². The van der Waals surface area contributed by atoms with E-state index < -0.39 is 0 Å². The second-order valence-corrected chi connectivity index (χ2v) is 8.52. The van der Waals surface area contributed by atoms with Crippen LogP contribution in [0.3, 0.4) is 0 Å². The predicted molar refractivity (Wildman–Crippen MR) is 115 cm³/mol. The normalized spacial score (nSPS) is 20.5. The fourth-order valence-corrected chi connectivity index (χ4v) is 4.84. The molecule has 2 saturated heterocycles. The van der Waals surface area contributed by atoms with Crippen LogP contribution in [0.5, 0.6) is 0 Å². The zero-order chi connectivity index (χ0) is 20.9. The quantitative estimate of drug-likeness (QED) is 0.492. The summed E-state index contributed by atoms with van der Waals surface area (Å²) in [4.78, 5) is 23.5. The van der Waals surface area contributed by atoms with E-state index >= 15 is 0 Å². The third-order valence-corrected chi connectivity index (χ3v) is 6.39. The fraction of sp³-hybridized carbons (Fsp3) is 0.273. The first-order chi connectivity index (χ1) is 15.2. The first-order valence-corrected chi connectivity index (χ1v) is 10.6. The van der Waals surface area contributed by atoms with Crippen molar-refractivity contribution in [2.75, 3.05) is 31.1 Å². The van der Waals surface area contributed by atoms with Crippen molar-refractivity contribution < 1.29 is 9.21 Å². The molecule has 9 heteroatoms. The number of para-hydroxylation sites is 1. The van der Waals surface area contributed by atoms with Gasteiger partial charge in [0, 0.05) is 49.1 Å². The molecule has 4 heterocycles. The highest BCUT2D eigenvalue weighted by Crippen LogP contribution is 2.36. The lowest BCUT2D eigenvalue weighted by Gasteiger charge is -2.21. The highest BCUT2D eigenvalue weighted by Gasteiger charge is 2.43. The molecular formula is C22H19ClN6O2. The van der Waals surface area contributed by atoms with Crippen LogP contribution in [-0.4, -0.2) is 57.0 Å². The fourth-order valence-electron chi connectivity index (χ4n) is 4.68. The maximum atomic E-state index is 13.3. The van der Waals surface area contributed by atoms with Crippen LogP contribution in [0.15, 0.2) is 59.3 Å². The van der Waals surface area contributed by atoms with Crippen LogP contribution in [0.25, 0.3) is 16.8 Å². The van der Waals surface area contributed by atoms with Crippen LogP contribution in [0.2, 0.25) is 5.02 Å². The van der Waals surface area contributed by atoms with Gasteiger partial charge in [0.15, 0.2) is 5.58 Å². The number of fused-ring (bicyclic) bond motifs is 2. The molecule has 0 saturated carbocycles. The summed E-state index contributed by atoms with van der Waals surface area (Å²) >= 11 is 6.06. The molecule has 2 fully saturated rings. The number of carbonyl (C=O) groups excluding carboxylic acids is 1. The van der Waals surface area contributed by atoms with E-state index in [0.717, 1.165) is 18.6 Å². The molecule has 2 atom stereocenters. The Morgan fingerprint density at radius 2 is 1.74 bits per heavy atom. The smallest absolute Gasteiger partial charge is 0.298 e. The number of anilines is 1. The number of hydrogen-bond donors (Lipinski definition) is 0. The van der Waals surface area contributed by atoms with Crippen molar-refractivity contribution >= 4 is 34.6 Å². The number of rotatable bonds is 3. The number of benzene rings is 2. The van der Waals surface area contributed by atoms with E-state index in [2.05, 4.69) is 20.1 Å². The number of halogens is 1. The molecule has 0 aliphatic carbocycles. The lowest BCUT2D eigenvalue weighted by Crippen LogP contribution is -2.34. The van der Waals surface area contributed by atoms with Gasteiger partial charge in [-0.3, -0.25) is 4.79 Å². The highest BCUT2D eigenvalue weighted by molar-refractivity contribution is 6.31. The molecule has 2 aliphatic heterocycles. The summed E-state index contributed by atoms with van der Waals surface area (Å²) in [6.07, 6.45) is 3.21. The van der Waals surface area contributed by atoms with Crippen LogP contribution in [0, 0.1) is 11.8 Å². The number of hydrogen-bond acceptors (Lipinski definition) is 6. The van der Waals surface area contributed by atoms with Gasteiger partial charge in [-0.2, -0.15) is 20.0 Å². The minimum atomic E-state index is 0.0188. The summed E-state index contributed by atoms with van der Waals surface area (Å²) in [7, 11) is 0. The molecule has 2 aromatic heterocycles. The Balaban J connectivity index is 1.19. The predicted octanol–water partition coefficient (Wildman–Crippen LogP) is 3.27. The van der Waals surface area contributed by atoms with Gasteiger partial charge in [0.1, 0.15) is 5.52 Å². The second kappa shape index (κ2) is 7.09. The molecule has 0 radical (unpaired) electrons. The molecular weight excluding hydrogens is 416 g/mol. The summed E-state index contributed by atoms with van der Waals surface area (Å²) in [5.41, 5.74) is 2.81. The molecule has 2 aliphatic rings. The zero-order valence-corrected chi connectivity index (χ0v) is 17.3. The summed E-state index contributed by atoms with van der Waals surface area (Å²) in [5, 5.41) is 9.00. The van der Waals surface area contributed by atoms with Crippen LogP contribution < -0.4 is 4.90 Å². The summed E-state index contributed by atoms with van der Waals surface area (Å²) in [6.45, 7) is 3.06. The van der Waals surface area contributed by atoms with Crippen molar-refractivity contribution in [1.29, 1.82) is 0 Å². The Hall–Kier alpha value is -3.39. The van der Waals surface area contributed by atoms with Gasteiger partial charge in [0.05, 0.1) is 23.6 Å². The van der Waals surface area contributed by atoms with Gasteiger partial charge in [-0.1, -0.05) is 23.7 Å². The summed E-state index contributed by atoms with van der Waals surface area (Å²) in [5.74, 6) is 0.792. The van der Waals surface area contributed by atoms with Gasteiger partial charge in [0.2, 0.25) is 0 Å². The van der Waals surface area contributed by atoms with E-state index in [-0.39, 0.29) is 5.91 Å². The SMILES string of the molecule is O=C(c1ccccc1-n1nccn1)N1CC2CN(c3nc4ccc(Cl)cc4o3)CC2C1. The van der Waals surface area contributed by atoms with Gasteiger partial charge in [-0.05, 0) is 24.3 Å². The number of oxazole rings is 1. The zero-order valence-electron chi connectivity index (χ0n) is 16.6. The monoisotopic (exact) mass is 434 g/mol. The van der Waals surface area contributed by atoms with Crippen molar-refractivity contribution in [3.8, 4) is 5.69 Å². The van der Waals surface area contributed by atoms with Crippen molar-refractivity contribution in [1.82, 2.24) is 24.9 Å². The van der Waals surface area contributed by atoms with E-state index in [1.165, 1.54) is 4.80 Å². The molecule has 8 nitrogen and oxygen atoms in total. The minimum Gasteiger partial charge on any atom is -0.423 e. The first kappa shape index (κ1) is 18.4. The van der Waals surface area contributed by atoms with Gasteiger partial charge in [0.25, 0.3) is 11.9 Å². The number of carbonyl (C=O) groups is 1. The molecule has 2 aromatic carbocycles. The Kier molecular flexibility index (Phi) is 4.21. The molecule has 0 bridgehead atoms. The largest absolute Gasteiger partial charge is 0.423 e. The lowest BCUT2D eigenvalue weighted by molar-refractivity contribution is 0.0782. The van der Waals surface area contributed by atoms with Crippen molar-refractivity contribution in [3.05, 3.63) is 65.4 Å². The second-order valence-electron chi connectivity index (χ2n) is 8.08. The van der Waals surface area contributed by atoms with Gasteiger partial charge in [-0.15, -0.1) is 0 Å². The van der Waals surface area contributed by atoms with Crippen LogP contribution in [-0.2, 0) is 0 Å². The minimum absolute atomic E-state index is 0.0188. The Bertz CT molecular complexity index is 1260. The third-order valence-electron chi connectivity index (χ3n) is 6.15. The topological polar surface area (TPSA) is 80.3 Å². The van der Waals surface area contributed by atoms with Crippen LogP contribution in [0.1, 0.15) is 10.4 Å². The third kappa shape index (κ3) is 3.14. The molecule has 31 heavy (non-hydrogen) atoms. The maximum Gasteiger partial charge on any atom is 0.298 e. The average Bonchev–Trinajstić information content (AvgIpc) is 3.55. The van der Waals surface area contributed by atoms with Crippen molar-refractivity contribution in [2.24, 2.45) is 11.8 Å². The molecule has 0 N–H and O–H groups in total. The van der Waals surface area contributed by atoms with E-state index in [4.69, 9.17) is 16.0 Å². The van der Waals surface area contributed by atoms with E-state index in [9.17, 15) is 4.79 Å². The van der Waals surface area contributed by atoms with Crippen molar-refractivity contribution in [3.63, 3.8) is 0 Å². The molecule has 6 rings (SSSR count). The molecule has 4 aromatic rings. The summed E-state index contributed by atoms with van der Waals surface area (Å²) in [6, 6.07) is 13.6. The highest BCUT2D eigenvalue weighted by atomic mass is 35.5. The van der Waals surface area contributed by atoms with E-state index in [0.29, 0.717) is 52.8 Å². The van der Waals surface area contributed by atoms with Crippen molar-refractivity contribution in [2.45, 2.75) is 0 Å². The average molecular weight is 435 g/mol.